The second kappa shape index (κ2) is 8.23. The van der Waals surface area contributed by atoms with Crippen molar-refractivity contribution < 1.29 is 9.47 Å². The van der Waals surface area contributed by atoms with Crippen molar-refractivity contribution in [2.75, 3.05) is 0 Å². The highest BCUT2D eigenvalue weighted by Crippen LogP contribution is 2.63. The Labute approximate surface area is 233 Å². The number of nitriles is 3. The molecule has 0 aliphatic carbocycles. The Balaban J connectivity index is 1.57. The number of hydrogen-bond donors (Lipinski definition) is 0. The summed E-state index contributed by atoms with van der Waals surface area (Å²) in [5.41, 5.74) is 0.739. The maximum absolute atomic E-state index is 9.14. The van der Waals surface area contributed by atoms with Crippen LogP contribution in [0.4, 0.5) is 10.0 Å². The van der Waals surface area contributed by atoms with Crippen molar-refractivity contribution in [2.24, 2.45) is 9.98 Å². The molecule has 6 heterocycles. The van der Waals surface area contributed by atoms with Crippen LogP contribution in [-0.4, -0.2) is 11.5 Å². The Bertz CT molecular complexity index is 1760. The summed E-state index contributed by atoms with van der Waals surface area (Å²) in [7, 11) is 0. The lowest BCUT2D eigenvalue weighted by Crippen LogP contribution is -2.27. The number of ether oxygens (including phenoxy) is 2. The molecule has 184 valence electrons. The largest absolute Gasteiger partial charge is 0.481 e. The summed E-state index contributed by atoms with van der Waals surface area (Å²) in [4.78, 5) is 15.6. The molecule has 2 aliphatic heterocycles. The van der Waals surface area contributed by atoms with E-state index >= 15 is 0 Å². The molecule has 4 aromatic heterocycles. The fourth-order valence-electron chi connectivity index (χ4n) is 4.67. The van der Waals surface area contributed by atoms with E-state index < -0.39 is 11.2 Å². The van der Waals surface area contributed by atoms with Gasteiger partial charge >= 0.3 is 5.84 Å². The highest BCUT2D eigenvalue weighted by molar-refractivity contribution is 7.34. The molecule has 6 rings (SSSR count). The zero-order valence-corrected chi connectivity index (χ0v) is 23.6. The quantitative estimate of drug-likeness (QED) is 0.136. The first kappa shape index (κ1) is 24.3. The van der Waals surface area contributed by atoms with E-state index in [9.17, 15) is 0 Å². The topological polar surface area (TPSA) is 119 Å². The van der Waals surface area contributed by atoms with Crippen molar-refractivity contribution in [3.63, 3.8) is 0 Å². The Kier molecular flexibility index (Phi) is 5.26. The lowest BCUT2D eigenvalue weighted by atomic mass is 9.92. The Morgan fingerprint density at radius 3 is 1.66 bits per heavy atom. The molecule has 0 fully saturated rings. The standard InChI is InChI=1S/C26H14N6O2S4/c1-25(2)17-21(19-12(33-25)6-15(35-19)31-11(8-27)9-28)37-24-18-22(38-23(17)24)20-13(34-26(18,3)4)7-16(36-20)32-14(10-29)30-5/h6-7H,1-4H3. The highest BCUT2D eigenvalue weighted by Gasteiger charge is 2.44. The van der Waals surface area contributed by atoms with Crippen molar-refractivity contribution in [2.45, 2.75) is 38.9 Å². The monoisotopic (exact) mass is 570 g/mol. The van der Waals surface area contributed by atoms with E-state index in [0.717, 1.165) is 40.0 Å². The Hall–Kier alpha value is -4.04. The zero-order chi connectivity index (χ0) is 27.0. The van der Waals surface area contributed by atoms with Gasteiger partial charge in [0, 0.05) is 23.3 Å². The molecule has 0 saturated heterocycles. The Morgan fingerprint density at radius 2 is 1.24 bits per heavy atom. The van der Waals surface area contributed by atoms with E-state index in [1.54, 1.807) is 34.8 Å². The number of hydrogen-bond acceptors (Lipinski definition) is 11. The molecular formula is C26H14N6O2S4. The van der Waals surface area contributed by atoms with Gasteiger partial charge in [0.2, 0.25) is 10.7 Å². The van der Waals surface area contributed by atoms with E-state index in [2.05, 4.69) is 14.8 Å². The summed E-state index contributed by atoms with van der Waals surface area (Å²) >= 11 is 6.19. The third kappa shape index (κ3) is 3.47. The van der Waals surface area contributed by atoms with Crippen molar-refractivity contribution in [3.05, 3.63) is 34.7 Å². The minimum atomic E-state index is -0.626. The molecule has 4 aromatic rings. The maximum atomic E-state index is 9.14. The third-order valence-electron chi connectivity index (χ3n) is 6.10. The summed E-state index contributed by atoms with van der Waals surface area (Å²) in [6, 6.07) is 9.02. The predicted molar refractivity (Wildman–Crippen MR) is 151 cm³/mol. The van der Waals surface area contributed by atoms with Gasteiger partial charge in [-0.15, -0.1) is 34.0 Å². The van der Waals surface area contributed by atoms with Crippen LogP contribution in [0.25, 0.3) is 33.8 Å². The third-order valence-corrected chi connectivity index (χ3v) is 11.0. The van der Waals surface area contributed by atoms with Gasteiger partial charge in [0.25, 0.3) is 0 Å². The molecule has 0 atom stereocenters. The van der Waals surface area contributed by atoms with Gasteiger partial charge in [0.05, 0.1) is 28.9 Å². The molecule has 0 N–H and O–H groups in total. The number of rotatable bonds is 2. The SMILES string of the molecule is [C-]#[N+]C(C#N)=Nc1cc2c(s1)-c1sc3c4c(sc3c1C(C)(C)O2)-c1sc(N=C(C#N)C#N)cc1OC4(C)C. The molecule has 0 amide bonds. The summed E-state index contributed by atoms with van der Waals surface area (Å²) < 4.78 is 15.2. The van der Waals surface area contributed by atoms with Gasteiger partial charge in [-0.25, -0.2) is 10.3 Å². The van der Waals surface area contributed by atoms with E-state index in [0.29, 0.717) is 21.5 Å². The zero-order valence-electron chi connectivity index (χ0n) is 20.3. The van der Waals surface area contributed by atoms with Crippen LogP contribution >= 0.6 is 45.3 Å². The summed E-state index contributed by atoms with van der Waals surface area (Å²) in [6.45, 7) is 15.3. The van der Waals surface area contributed by atoms with Gasteiger partial charge < -0.3 is 14.3 Å². The number of aliphatic imine (C=N–C) groups is 2. The van der Waals surface area contributed by atoms with Crippen LogP contribution in [0.1, 0.15) is 38.8 Å². The predicted octanol–water partition coefficient (Wildman–Crippen LogP) is 8.27. The number of nitrogens with zero attached hydrogens (tertiary/aromatic N) is 6. The molecule has 0 unspecified atom stereocenters. The van der Waals surface area contributed by atoms with Crippen molar-refractivity contribution in [3.8, 4) is 49.2 Å². The molecule has 0 radical (unpaired) electrons. The fourth-order valence-corrected chi connectivity index (χ4v) is 10.3. The smallest absolute Gasteiger partial charge is 0.350 e. The maximum Gasteiger partial charge on any atom is 0.350 e. The minimum Gasteiger partial charge on any atom is -0.481 e. The van der Waals surface area contributed by atoms with E-state index in [4.69, 9.17) is 31.8 Å². The van der Waals surface area contributed by atoms with E-state index in [1.165, 1.54) is 22.7 Å². The van der Waals surface area contributed by atoms with Crippen molar-refractivity contribution in [1.82, 2.24) is 0 Å². The Morgan fingerprint density at radius 1 is 0.763 bits per heavy atom. The summed E-state index contributed by atoms with van der Waals surface area (Å²) in [6.07, 6.45) is 0. The molecule has 0 aromatic carbocycles. The van der Waals surface area contributed by atoms with Gasteiger partial charge in [0.15, 0.2) is 0 Å². The second-order valence-electron chi connectivity index (χ2n) is 9.39. The molecule has 0 saturated carbocycles. The van der Waals surface area contributed by atoms with E-state index in [-0.39, 0.29) is 11.5 Å². The van der Waals surface area contributed by atoms with Crippen LogP contribution < -0.4 is 9.47 Å². The highest BCUT2D eigenvalue weighted by atomic mass is 32.1. The minimum absolute atomic E-state index is 0.197. The average Bonchev–Trinajstić information content (AvgIpc) is 3.60. The first-order chi connectivity index (χ1) is 18.1. The first-order valence-corrected chi connectivity index (χ1v) is 14.4. The van der Waals surface area contributed by atoms with Gasteiger partial charge in [-0.3, -0.25) is 0 Å². The van der Waals surface area contributed by atoms with Crippen LogP contribution in [0.3, 0.4) is 0 Å². The normalized spacial score (nSPS) is 15.7. The number of fused-ring (bicyclic) bond motifs is 9. The van der Waals surface area contributed by atoms with Crippen LogP contribution in [-0.2, 0) is 11.2 Å². The molecule has 2 aliphatic rings. The fraction of sp³-hybridized carbons (Fsp3) is 0.231. The van der Waals surface area contributed by atoms with Gasteiger partial charge in [0.1, 0.15) is 45.9 Å². The van der Waals surface area contributed by atoms with Crippen LogP contribution in [0, 0.1) is 40.6 Å². The molecular weight excluding hydrogens is 557 g/mol. The molecule has 12 heteroatoms. The lowest BCUT2D eigenvalue weighted by Gasteiger charge is -2.31. The lowest BCUT2D eigenvalue weighted by molar-refractivity contribution is 0.108. The second-order valence-corrected chi connectivity index (χ2v) is 13.5. The molecule has 8 nitrogen and oxygen atoms in total. The van der Waals surface area contributed by atoms with Gasteiger partial charge in [-0.1, -0.05) is 22.9 Å². The molecule has 38 heavy (non-hydrogen) atoms. The van der Waals surface area contributed by atoms with E-state index in [1.807, 2.05) is 45.9 Å². The van der Waals surface area contributed by atoms with Gasteiger partial charge in [-0.05, 0) is 27.7 Å². The van der Waals surface area contributed by atoms with Crippen LogP contribution in [0.5, 0.6) is 11.5 Å². The average molecular weight is 571 g/mol. The first-order valence-electron chi connectivity index (χ1n) is 11.1. The van der Waals surface area contributed by atoms with Crippen molar-refractivity contribution in [1.29, 1.82) is 15.8 Å². The van der Waals surface area contributed by atoms with Crippen molar-refractivity contribution >= 4 is 76.3 Å². The van der Waals surface area contributed by atoms with Crippen LogP contribution in [0.15, 0.2) is 22.1 Å². The summed E-state index contributed by atoms with van der Waals surface area (Å²) in [5, 5.41) is 28.5. The summed E-state index contributed by atoms with van der Waals surface area (Å²) in [5.74, 6) is 1.17. The van der Waals surface area contributed by atoms with Crippen LogP contribution in [0.2, 0.25) is 0 Å². The van der Waals surface area contributed by atoms with Gasteiger partial charge in [-0.2, -0.15) is 10.5 Å². The number of amidine groups is 1. The molecule has 0 bridgehead atoms. The molecule has 0 spiro atoms. The number of thiophene rings is 4.